The second-order valence-electron chi connectivity index (χ2n) is 5.60. The first-order chi connectivity index (χ1) is 9.44. The van der Waals surface area contributed by atoms with Gasteiger partial charge in [0.1, 0.15) is 5.69 Å². The quantitative estimate of drug-likeness (QED) is 0.610. The Morgan fingerprint density at radius 2 is 2.25 bits per heavy atom. The van der Waals surface area contributed by atoms with E-state index in [-0.39, 0.29) is 12.3 Å². The summed E-state index contributed by atoms with van der Waals surface area (Å²) in [7, 11) is 0. The van der Waals surface area contributed by atoms with Crippen LogP contribution in [0.3, 0.4) is 0 Å². The monoisotopic (exact) mass is 281 g/mol. The van der Waals surface area contributed by atoms with Gasteiger partial charge in [0.15, 0.2) is 0 Å². The van der Waals surface area contributed by atoms with Gasteiger partial charge >= 0.3 is 5.69 Å². The van der Waals surface area contributed by atoms with E-state index in [4.69, 9.17) is 0 Å². The number of aliphatic hydroxyl groups is 1. The third-order valence-corrected chi connectivity index (χ3v) is 3.78. The molecular weight excluding hydrogens is 262 g/mol. The van der Waals surface area contributed by atoms with Gasteiger partial charge in [-0.15, -0.1) is 0 Å². The van der Waals surface area contributed by atoms with Crippen molar-refractivity contribution in [3.63, 3.8) is 0 Å². The van der Waals surface area contributed by atoms with Gasteiger partial charge in [0.2, 0.25) is 0 Å². The first-order valence-corrected chi connectivity index (χ1v) is 6.71. The van der Waals surface area contributed by atoms with Crippen LogP contribution in [0.4, 0.5) is 0 Å². The Hall–Kier alpha value is -1.89. The molecule has 1 aliphatic rings. The molecule has 2 atom stereocenters. The molecule has 0 radical (unpaired) electrons. The van der Waals surface area contributed by atoms with E-state index in [2.05, 4.69) is 17.2 Å². The van der Waals surface area contributed by atoms with E-state index < -0.39 is 22.7 Å². The lowest BCUT2D eigenvalue weighted by Gasteiger charge is -2.39. The summed E-state index contributed by atoms with van der Waals surface area (Å²) in [6.45, 7) is 1.92. The number of aromatic amines is 2. The summed E-state index contributed by atoms with van der Waals surface area (Å²) >= 11 is 0. The Bertz CT molecular complexity index is 578. The molecule has 4 N–H and O–H groups in total. The summed E-state index contributed by atoms with van der Waals surface area (Å²) in [5.74, 6) is -0.134. The zero-order valence-electron chi connectivity index (χ0n) is 11.4. The molecule has 0 aliphatic heterocycles. The number of amides is 1. The highest BCUT2D eigenvalue weighted by atomic mass is 16.3. The smallest absolute Gasteiger partial charge is 0.326 e. The van der Waals surface area contributed by atoms with Crippen molar-refractivity contribution in [1.29, 1.82) is 0 Å². The lowest BCUT2D eigenvalue weighted by atomic mass is 9.77. The maximum Gasteiger partial charge on any atom is 0.326 e. The summed E-state index contributed by atoms with van der Waals surface area (Å²) in [4.78, 5) is 38.8. The molecule has 0 saturated heterocycles. The fourth-order valence-electron chi connectivity index (χ4n) is 2.86. The van der Waals surface area contributed by atoms with Crippen molar-refractivity contribution in [2.24, 2.45) is 5.92 Å². The van der Waals surface area contributed by atoms with Gasteiger partial charge < -0.3 is 15.4 Å². The Labute approximate surface area is 115 Å². The van der Waals surface area contributed by atoms with Crippen LogP contribution < -0.4 is 16.6 Å². The fourth-order valence-corrected chi connectivity index (χ4v) is 2.86. The van der Waals surface area contributed by atoms with Crippen molar-refractivity contribution < 1.29 is 9.90 Å². The molecule has 1 heterocycles. The van der Waals surface area contributed by atoms with E-state index >= 15 is 0 Å². The summed E-state index contributed by atoms with van der Waals surface area (Å²) in [5.41, 5.74) is -2.12. The van der Waals surface area contributed by atoms with E-state index in [1.807, 2.05) is 4.98 Å². The molecule has 0 bridgehead atoms. The third-order valence-electron chi connectivity index (χ3n) is 3.78. The van der Waals surface area contributed by atoms with Crippen molar-refractivity contribution in [2.75, 3.05) is 6.61 Å². The minimum Gasteiger partial charge on any atom is -0.394 e. The van der Waals surface area contributed by atoms with Gasteiger partial charge in [-0.25, -0.2) is 4.79 Å². The second kappa shape index (κ2) is 5.62. The highest BCUT2D eigenvalue weighted by Gasteiger charge is 2.36. The fraction of sp³-hybridized carbons (Fsp3) is 0.615. The van der Waals surface area contributed by atoms with Gasteiger partial charge in [0.25, 0.3) is 11.5 Å². The number of rotatable bonds is 3. The van der Waals surface area contributed by atoms with Crippen LogP contribution in [0.2, 0.25) is 0 Å². The Balaban J connectivity index is 2.20. The van der Waals surface area contributed by atoms with Gasteiger partial charge in [-0.2, -0.15) is 0 Å². The zero-order valence-corrected chi connectivity index (χ0v) is 11.4. The molecule has 7 heteroatoms. The number of H-pyrrole nitrogens is 2. The molecular formula is C13H19N3O4. The standard InChI is InChI=1S/C13H19N3O4/c1-8-3-2-4-13(6-8,7-17)16-11(19)9-5-10(18)15-12(20)14-9/h5,8,17H,2-4,6-7H2,1H3,(H,16,19)(H2,14,15,18,20). The molecule has 20 heavy (non-hydrogen) atoms. The maximum atomic E-state index is 12.1. The summed E-state index contributed by atoms with van der Waals surface area (Å²) in [6.07, 6.45) is 3.36. The van der Waals surface area contributed by atoms with Crippen LogP contribution in [0.1, 0.15) is 43.1 Å². The molecule has 1 fully saturated rings. The molecule has 1 aromatic heterocycles. The first-order valence-electron chi connectivity index (χ1n) is 6.71. The van der Waals surface area contributed by atoms with Gasteiger partial charge in [0, 0.05) is 6.07 Å². The highest BCUT2D eigenvalue weighted by molar-refractivity contribution is 5.92. The number of aliphatic hydroxyl groups excluding tert-OH is 1. The number of nitrogens with one attached hydrogen (secondary N) is 3. The third kappa shape index (κ3) is 3.16. The van der Waals surface area contributed by atoms with Crippen molar-refractivity contribution in [3.8, 4) is 0 Å². The molecule has 7 nitrogen and oxygen atoms in total. The number of aromatic nitrogens is 2. The normalized spacial score (nSPS) is 26.2. The van der Waals surface area contributed by atoms with Crippen molar-refractivity contribution in [2.45, 2.75) is 38.1 Å². The van der Waals surface area contributed by atoms with Crippen LogP contribution in [0.5, 0.6) is 0 Å². The molecule has 1 aromatic rings. The molecule has 2 rings (SSSR count). The SMILES string of the molecule is CC1CCCC(CO)(NC(=O)c2cc(=O)[nH]c(=O)[nH]2)C1. The average Bonchev–Trinajstić information content (AvgIpc) is 2.37. The maximum absolute atomic E-state index is 12.1. The number of carbonyl (C=O) groups excluding carboxylic acids is 1. The van der Waals surface area contributed by atoms with Crippen molar-refractivity contribution >= 4 is 5.91 Å². The number of hydrogen-bond acceptors (Lipinski definition) is 4. The summed E-state index contributed by atoms with van der Waals surface area (Å²) in [6, 6.07) is 1.04. The van der Waals surface area contributed by atoms with Crippen LogP contribution in [0.15, 0.2) is 15.7 Å². The van der Waals surface area contributed by atoms with Gasteiger partial charge in [-0.05, 0) is 18.8 Å². The lowest BCUT2D eigenvalue weighted by molar-refractivity contribution is 0.0692. The molecule has 1 saturated carbocycles. The molecule has 0 aromatic carbocycles. The Kier molecular flexibility index (Phi) is 4.08. The molecule has 2 unspecified atom stereocenters. The van der Waals surface area contributed by atoms with Crippen LogP contribution in [-0.4, -0.2) is 33.1 Å². The van der Waals surface area contributed by atoms with Crippen LogP contribution in [0.25, 0.3) is 0 Å². The first kappa shape index (κ1) is 14.5. The summed E-state index contributed by atoms with van der Waals surface area (Å²) < 4.78 is 0. The molecule has 0 spiro atoms. The molecule has 1 aliphatic carbocycles. The minimum atomic E-state index is -0.724. The van der Waals surface area contributed by atoms with E-state index in [1.165, 1.54) is 0 Å². The van der Waals surface area contributed by atoms with E-state index in [9.17, 15) is 19.5 Å². The van der Waals surface area contributed by atoms with Crippen LogP contribution in [-0.2, 0) is 0 Å². The average molecular weight is 281 g/mol. The van der Waals surface area contributed by atoms with E-state index in [0.29, 0.717) is 18.8 Å². The highest BCUT2D eigenvalue weighted by Crippen LogP contribution is 2.32. The topological polar surface area (TPSA) is 115 Å². The predicted molar refractivity (Wildman–Crippen MR) is 72.6 cm³/mol. The van der Waals surface area contributed by atoms with Gasteiger partial charge in [0.05, 0.1) is 12.1 Å². The molecule has 110 valence electrons. The Morgan fingerprint density at radius 3 is 2.85 bits per heavy atom. The summed E-state index contributed by atoms with van der Waals surface area (Å²) in [5, 5.41) is 12.4. The van der Waals surface area contributed by atoms with Gasteiger partial charge in [-0.1, -0.05) is 19.8 Å². The van der Waals surface area contributed by atoms with Crippen molar-refractivity contribution in [3.05, 3.63) is 32.6 Å². The predicted octanol–water partition coefficient (Wildman–Crippen LogP) is -0.266. The molecule has 1 amide bonds. The van der Waals surface area contributed by atoms with Crippen LogP contribution in [0, 0.1) is 5.92 Å². The second-order valence-corrected chi connectivity index (χ2v) is 5.60. The number of carbonyl (C=O) groups is 1. The van der Waals surface area contributed by atoms with Gasteiger partial charge in [-0.3, -0.25) is 14.6 Å². The largest absolute Gasteiger partial charge is 0.394 e. The van der Waals surface area contributed by atoms with Crippen molar-refractivity contribution in [1.82, 2.24) is 15.3 Å². The zero-order chi connectivity index (χ0) is 14.8. The van der Waals surface area contributed by atoms with E-state index in [1.54, 1.807) is 0 Å². The van der Waals surface area contributed by atoms with Crippen LogP contribution >= 0.6 is 0 Å². The Morgan fingerprint density at radius 1 is 1.50 bits per heavy atom. The number of hydrogen-bond donors (Lipinski definition) is 4. The van der Waals surface area contributed by atoms with E-state index in [0.717, 1.165) is 18.9 Å². The minimum absolute atomic E-state index is 0.0928. The lowest BCUT2D eigenvalue weighted by Crippen LogP contribution is -2.54.